The lowest BCUT2D eigenvalue weighted by molar-refractivity contribution is 0.0674. The first kappa shape index (κ1) is 22.3. The number of ether oxygens (including phenoxy) is 1. The van der Waals surface area contributed by atoms with Crippen LogP contribution in [0.25, 0.3) is 11.1 Å². The van der Waals surface area contributed by atoms with Crippen LogP contribution in [0, 0.1) is 0 Å². The molecule has 1 aliphatic rings. The second kappa shape index (κ2) is 9.71. The van der Waals surface area contributed by atoms with Gasteiger partial charge >= 0.3 is 0 Å². The fourth-order valence-electron chi connectivity index (χ4n) is 4.00. The highest BCUT2D eigenvalue weighted by molar-refractivity contribution is 9.10. The summed E-state index contributed by atoms with van der Waals surface area (Å²) in [5.41, 5.74) is 9.57. The predicted molar refractivity (Wildman–Crippen MR) is 131 cm³/mol. The molecule has 0 bridgehead atoms. The molecule has 166 valence electrons. The van der Waals surface area contributed by atoms with Crippen LogP contribution in [0.3, 0.4) is 0 Å². The molecule has 2 aromatic carbocycles. The number of aromatic nitrogens is 1. The van der Waals surface area contributed by atoms with Gasteiger partial charge in [0.25, 0.3) is 5.91 Å². The van der Waals surface area contributed by atoms with Crippen molar-refractivity contribution < 1.29 is 9.53 Å². The summed E-state index contributed by atoms with van der Waals surface area (Å²) in [5.74, 6) is 0.939. The summed E-state index contributed by atoms with van der Waals surface area (Å²) in [7, 11) is 0. The molecular weight excluding hydrogens is 468 g/mol. The first-order valence-corrected chi connectivity index (χ1v) is 11.5. The number of amides is 1. The normalized spacial score (nSPS) is 18.4. The number of rotatable bonds is 5. The minimum atomic E-state index is 0.0604. The van der Waals surface area contributed by atoms with Crippen LogP contribution in [0.1, 0.15) is 29.8 Å². The van der Waals surface area contributed by atoms with E-state index in [4.69, 9.17) is 10.5 Å². The Morgan fingerprint density at radius 2 is 1.84 bits per heavy atom. The fourth-order valence-corrected chi connectivity index (χ4v) is 4.44. The number of halogens is 1. The van der Waals surface area contributed by atoms with Crippen molar-refractivity contribution in [3.8, 4) is 16.9 Å². The number of nitrogen functional groups attached to an aromatic ring is 1. The first-order valence-electron chi connectivity index (χ1n) is 10.7. The number of anilines is 1. The zero-order valence-electron chi connectivity index (χ0n) is 18.2. The van der Waals surface area contributed by atoms with Crippen molar-refractivity contribution in [3.05, 3.63) is 76.4 Å². The summed E-state index contributed by atoms with van der Waals surface area (Å²) in [6.45, 7) is 6.02. The number of benzene rings is 2. The summed E-state index contributed by atoms with van der Waals surface area (Å²) in [5, 5.41) is 3.45. The number of nitrogens with zero attached hydrogens (tertiary/aromatic N) is 2. The van der Waals surface area contributed by atoms with E-state index >= 15 is 0 Å². The molecule has 1 aliphatic heterocycles. The van der Waals surface area contributed by atoms with Crippen LogP contribution in [0.15, 0.2) is 65.3 Å². The minimum Gasteiger partial charge on any atom is -0.485 e. The third-order valence-corrected chi connectivity index (χ3v) is 5.97. The van der Waals surface area contributed by atoms with Gasteiger partial charge in [0, 0.05) is 47.0 Å². The molecule has 6 nitrogen and oxygen atoms in total. The number of nitrogens with two attached hydrogens (primary N) is 1. The number of pyridine rings is 1. The molecular formula is C25H27BrN4O2. The average molecular weight is 495 g/mol. The van der Waals surface area contributed by atoms with Gasteiger partial charge < -0.3 is 20.7 Å². The van der Waals surface area contributed by atoms with Gasteiger partial charge in [-0.15, -0.1) is 0 Å². The van der Waals surface area contributed by atoms with Crippen molar-refractivity contribution in [2.24, 2.45) is 0 Å². The monoisotopic (exact) mass is 494 g/mol. The summed E-state index contributed by atoms with van der Waals surface area (Å²) >= 11 is 3.47. The van der Waals surface area contributed by atoms with Gasteiger partial charge in [-0.2, -0.15) is 0 Å². The van der Waals surface area contributed by atoms with Crippen LogP contribution < -0.4 is 15.8 Å². The highest BCUT2D eigenvalue weighted by atomic mass is 79.9. The van der Waals surface area contributed by atoms with E-state index in [0.717, 1.165) is 21.2 Å². The fraction of sp³-hybridized carbons (Fsp3) is 0.280. The number of hydrogen-bond acceptors (Lipinski definition) is 5. The molecule has 2 unspecified atom stereocenters. The van der Waals surface area contributed by atoms with Gasteiger partial charge in [0.15, 0.2) is 11.6 Å². The van der Waals surface area contributed by atoms with E-state index in [1.165, 1.54) is 0 Å². The molecule has 1 amide bonds. The topological polar surface area (TPSA) is 80.5 Å². The van der Waals surface area contributed by atoms with Gasteiger partial charge in [0.1, 0.15) is 6.61 Å². The maximum atomic E-state index is 12.9. The summed E-state index contributed by atoms with van der Waals surface area (Å²) in [4.78, 5) is 19.1. The Morgan fingerprint density at radius 3 is 2.53 bits per heavy atom. The Bertz CT molecular complexity index is 1090. The Balaban J connectivity index is 1.48. The van der Waals surface area contributed by atoms with Crippen molar-refractivity contribution in [2.75, 3.05) is 18.8 Å². The van der Waals surface area contributed by atoms with Gasteiger partial charge in [-0.05, 0) is 55.3 Å². The van der Waals surface area contributed by atoms with E-state index in [9.17, 15) is 4.79 Å². The molecule has 1 aromatic heterocycles. The van der Waals surface area contributed by atoms with Crippen LogP contribution in [0.2, 0.25) is 0 Å². The molecule has 3 N–H and O–H groups in total. The SMILES string of the molecule is CC1CN(C(=O)c2ccc(-c3cnc(N)c(OCc4cccc(Br)c4)c3)cc2)CC(C)N1. The van der Waals surface area contributed by atoms with Gasteiger partial charge in [0.2, 0.25) is 0 Å². The van der Waals surface area contributed by atoms with E-state index in [1.807, 2.05) is 59.5 Å². The summed E-state index contributed by atoms with van der Waals surface area (Å²) in [6, 6.07) is 18.0. The molecule has 0 spiro atoms. The van der Waals surface area contributed by atoms with Crippen molar-refractivity contribution in [2.45, 2.75) is 32.5 Å². The highest BCUT2D eigenvalue weighted by Crippen LogP contribution is 2.28. The van der Waals surface area contributed by atoms with Crippen molar-refractivity contribution in [3.63, 3.8) is 0 Å². The van der Waals surface area contributed by atoms with Gasteiger partial charge in [-0.25, -0.2) is 4.98 Å². The van der Waals surface area contributed by atoms with Crippen LogP contribution in [-0.2, 0) is 6.61 Å². The second-order valence-electron chi connectivity index (χ2n) is 8.28. The first-order chi connectivity index (χ1) is 15.4. The Labute approximate surface area is 196 Å². The molecule has 4 rings (SSSR count). The van der Waals surface area contributed by atoms with E-state index in [0.29, 0.717) is 48.9 Å². The van der Waals surface area contributed by atoms with Crippen molar-refractivity contribution in [1.29, 1.82) is 0 Å². The molecule has 7 heteroatoms. The van der Waals surface area contributed by atoms with Gasteiger partial charge in [-0.3, -0.25) is 4.79 Å². The largest absolute Gasteiger partial charge is 0.485 e. The standard InChI is InChI=1S/C25H27BrN4O2/c1-16-13-30(14-17(2)29-16)25(31)20-8-6-19(7-9-20)21-11-23(24(27)28-12-21)32-15-18-4-3-5-22(26)10-18/h3-12,16-17,29H,13-15H2,1-2H3,(H2,27,28). The van der Waals surface area contributed by atoms with E-state index in [1.54, 1.807) is 6.20 Å². The number of hydrogen-bond donors (Lipinski definition) is 2. The zero-order chi connectivity index (χ0) is 22.7. The third kappa shape index (κ3) is 5.29. The minimum absolute atomic E-state index is 0.0604. The van der Waals surface area contributed by atoms with Crippen LogP contribution >= 0.6 is 15.9 Å². The number of nitrogens with one attached hydrogen (secondary N) is 1. The average Bonchev–Trinajstić information content (AvgIpc) is 2.77. The Hall–Kier alpha value is -2.90. The smallest absolute Gasteiger partial charge is 0.253 e. The maximum Gasteiger partial charge on any atom is 0.253 e. The van der Waals surface area contributed by atoms with E-state index < -0.39 is 0 Å². The van der Waals surface area contributed by atoms with Gasteiger partial charge in [-0.1, -0.05) is 40.2 Å². The molecule has 1 fully saturated rings. The molecule has 2 heterocycles. The summed E-state index contributed by atoms with van der Waals surface area (Å²) in [6.07, 6.45) is 1.72. The van der Waals surface area contributed by atoms with Crippen LogP contribution in [0.5, 0.6) is 5.75 Å². The van der Waals surface area contributed by atoms with Crippen LogP contribution in [0.4, 0.5) is 5.82 Å². The number of carbonyl (C=O) groups excluding carboxylic acids is 1. The van der Waals surface area contributed by atoms with Crippen molar-refractivity contribution >= 4 is 27.7 Å². The molecule has 1 saturated heterocycles. The Morgan fingerprint density at radius 1 is 1.12 bits per heavy atom. The van der Waals surface area contributed by atoms with E-state index in [2.05, 4.69) is 40.1 Å². The number of carbonyl (C=O) groups is 1. The highest BCUT2D eigenvalue weighted by Gasteiger charge is 2.25. The van der Waals surface area contributed by atoms with Crippen LogP contribution in [-0.4, -0.2) is 41.0 Å². The quantitative estimate of drug-likeness (QED) is 0.545. The lowest BCUT2D eigenvalue weighted by Gasteiger charge is -2.36. The molecule has 0 aliphatic carbocycles. The molecule has 3 aromatic rings. The predicted octanol–water partition coefficient (Wildman–Crippen LogP) is 4.49. The van der Waals surface area contributed by atoms with Gasteiger partial charge in [0.05, 0.1) is 0 Å². The second-order valence-corrected chi connectivity index (χ2v) is 9.20. The summed E-state index contributed by atoms with van der Waals surface area (Å²) < 4.78 is 6.92. The molecule has 0 radical (unpaired) electrons. The molecule has 32 heavy (non-hydrogen) atoms. The maximum absolute atomic E-state index is 12.9. The molecule has 0 saturated carbocycles. The van der Waals surface area contributed by atoms with Crippen molar-refractivity contribution in [1.82, 2.24) is 15.2 Å². The third-order valence-electron chi connectivity index (χ3n) is 5.48. The molecule has 2 atom stereocenters. The zero-order valence-corrected chi connectivity index (χ0v) is 19.8. The Kier molecular flexibility index (Phi) is 6.77. The number of piperazine rings is 1. The lowest BCUT2D eigenvalue weighted by atomic mass is 10.0. The van der Waals surface area contributed by atoms with E-state index in [-0.39, 0.29) is 5.91 Å². The lowest BCUT2D eigenvalue weighted by Crippen LogP contribution is -2.55.